The average Bonchev–Trinajstić information content (AvgIpc) is 2.78. The number of amides is 2. The van der Waals surface area contributed by atoms with Crippen LogP contribution in [0.1, 0.15) is 37.7 Å². The summed E-state index contributed by atoms with van der Waals surface area (Å²) in [6.07, 6.45) is 4.69. The zero-order valence-corrected chi connectivity index (χ0v) is 12.6. The molecule has 0 radical (unpaired) electrons. The van der Waals surface area contributed by atoms with Gasteiger partial charge in [0.2, 0.25) is 11.8 Å². The third-order valence-corrected chi connectivity index (χ3v) is 3.76. The maximum Gasteiger partial charge on any atom is 0.228 e. The Kier molecular flexibility index (Phi) is 5.59. The van der Waals surface area contributed by atoms with Crippen LogP contribution in [0.4, 0.5) is 11.4 Å². The van der Waals surface area contributed by atoms with Crippen LogP contribution in [0.3, 0.4) is 0 Å². The Labute approximate surface area is 129 Å². The summed E-state index contributed by atoms with van der Waals surface area (Å²) in [4.78, 5) is 23.2. The van der Waals surface area contributed by atoms with E-state index in [-0.39, 0.29) is 11.8 Å². The molecule has 0 saturated heterocycles. The molecule has 6 heteroatoms. The molecule has 0 spiro atoms. The number of unbranched alkanes of at least 4 members (excludes halogenated alkanes) is 3. The van der Waals surface area contributed by atoms with Crippen molar-refractivity contribution in [1.29, 1.82) is 0 Å². The van der Waals surface area contributed by atoms with Gasteiger partial charge in [-0.1, -0.05) is 24.4 Å². The Morgan fingerprint density at radius 3 is 2.81 bits per heavy atom. The Morgan fingerprint density at radius 2 is 2.05 bits per heavy atom. The summed E-state index contributed by atoms with van der Waals surface area (Å²) < 4.78 is 0. The highest BCUT2D eigenvalue weighted by Crippen LogP contribution is 2.32. The van der Waals surface area contributed by atoms with Crippen LogP contribution < -0.4 is 16.4 Å². The molecule has 0 unspecified atom stereocenters. The highest BCUT2D eigenvalue weighted by atomic mass is 35.5. The van der Waals surface area contributed by atoms with E-state index in [2.05, 4.69) is 10.6 Å². The van der Waals surface area contributed by atoms with Gasteiger partial charge in [0, 0.05) is 12.1 Å². The molecule has 2 amide bonds. The van der Waals surface area contributed by atoms with Crippen LogP contribution in [-0.2, 0) is 16.0 Å². The topological polar surface area (TPSA) is 84.2 Å². The molecule has 0 saturated carbocycles. The Bertz CT molecular complexity index is 546. The van der Waals surface area contributed by atoms with Gasteiger partial charge in [0.25, 0.3) is 0 Å². The fourth-order valence-electron chi connectivity index (χ4n) is 2.34. The molecule has 0 atom stereocenters. The van der Waals surface area contributed by atoms with Crippen LogP contribution in [0.5, 0.6) is 0 Å². The molecule has 1 aromatic rings. The number of hydrogen-bond donors (Lipinski definition) is 3. The number of carbonyl (C=O) groups is 2. The van der Waals surface area contributed by atoms with Crippen molar-refractivity contribution in [3.8, 4) is 0 Å². The minimum atomic E-state index is -0.0538. The van der Waals surface area contributed by atoms with Gasteiger partial charge in [-0.05, 0) is 37.1 Å². The molecule has 0 fully saturated rings. The quantitative estimate of drug-likeness (QED) is 0.677. The van der Waals surface area contributed by atoms with Gasteiger partial charge in [0.1, 0.15) is 0 Å². The largest absolute Gasteiger partial charge is 0.330 e. The first-order valence-corrected chi connectivity index (χ1v) is 7.60. The number of benzene rings is 1. The van der Waals surface area contributed by atoms with Gasteiger partial charge < -0.3 is 16.4 Å². The van der Waals surface area contributed by atoms with E-state index in [9.17, 15) is 9.59 Å². The minimum absolute atomic E-state index is 0.0514. The van der Waals surface area contributed by atoms with E-state index in [4.69, 9.17) is 17.3 Å². The van der Waals surface area contributed by atoms with Crippen LogP contribution in [-0.4, -0.2) is 18.4 Å². The smallest absolute Gasteiger partial charge is 0.228 e. The highest BCUT2D eigenvalue weighted by Gasteiger charge is 2.20. The molecule has 5 nitrogen and oxygen atoms in total. The first-order chi connectivity index (χ1) is 10.1. The van der Waals surface area contributed by atoms with Crippen LogP contribution >= 0.6 is 11.6 Å². The zero-order valence-electron chi connectivity index (χ0n) is 11.9. The number of fused-ring (bicyclic) bond motifs is 1. The van der Waals surface area contributed by atoms with Crippen LogP contribution in [0, 0.1) is 0 Å². The van der Waals surface area contributed by atoms with Crippen molar-refractivity contribution < 1.29 is 9.59 Å². The van der Waals surface area contributed by atoms with Crippen molar-refractivity contribution in [2.24, 2.45) is 5.73 Å². The Balaban J connectivity index is 1.87. The minimum Gasteiger partial charge on any atom is -0.330 e. The van der Waals surface area contributed by atoms with Crippen molar-refractivity contribution >= 4 is 34.8 Å². The average molecular weight is 310 g/mol. The molecular formula is C15H20ClN3O2. The second-order valence-corrected chi connectivity index (χ2v) is 5.62. The molecular weight excluding hydrogens is 290 g/mol. The SMILES string of the molecule is NCCCCCCC(=O)Nc1cc2c(cc1Cl)NC(=O)C2. The van der Waals surface area contributed by atoms with Gasteiger partial charge in [0.05, 0.1) is 17.1 Å². The van der Waals surface area contributed by atoms with Crippen LogP contribution in [0.15, 0.2) is 12.1 Å². The lowest BCUT2D eigenvalue weighted by Gasteiger charge is -2.09. The molecule has 4 N–H and O–H groups in total. The molecule has 1 heterocycles. The molecule has 2 rings (SSSR count). The number of nitrogens with two attached hydrogens (primary N) is 1. The summed E-state index contributed by atoms with van der Waals surface area (Å²) in [5.74, 6) is -0.105. The standard InChI is InChI=1S/C15H20ClN3O2/c16-11-9-12-10(8-15(21)18-12)7-13(11)19-14(20)5-3-1-2-4-6-17/h7,9H,1-6,8,17H2,(H,18,21)(H,19,20). The molecule has 0 bridgehead atoms. The van der Waals surface area contributed by atoms with Crippen LogP contribution in [0.25, 0.3) is 0 Å². The second kappa shape index (κ2) is 7.43. The van der Waals surface area contributed by atoms with E-state index in [1.54, 1.807) is 12.1 Å². The number of carbonyl (C=O) groups excluding carboxylic acids is 2. The van der Waals surface area contributed by atoms with Gasteiger partial charge in [0.15, 0.2) is 0 Å². The maximum absolute atomic E-state index is 11.9. The summed E-state index contributed by atoms with van der Waals surface area (Å²) in [6, 6.07) is 3.44. The third kappa shape index (κ3) is 4.44. The summed E-state index contributed by atoms with van der Waals surface area (Å²) in [5.41, 5.74) is 7.58. The molecule has 0 aliphatic carbocycles. The van der Waals surface area contributed by atoms with Crippen molar-refractivity contribution in [2.75, 3.05) is 17.2 Å². The summed E-state index contributed by atoms with van der Waals surface area (Å²) in [6.45, 7) is 0.698. The van der Waals surface area contributed by atoms with E-state index in [0.29, 0.717) is 30.1 Å². The summed E-state index contributed by atoms with van der Waals surface area (Å²) in [5, 5.41) is 5.97. The lowest BCUT2D eigenvalue weighted by atomic mass is 10.1. The predicted octanol–water partition coefficient (Wildman–Crippen LogP) is 2.68. The summed E-state index contributed by atoms with van der Waals surface area (Å²) >= 11 is 6.12. The molecule has 21 heavy (non-hydrogen) atoms. The van der Waals surface area contributed by atoms with E-state index in [0.717, 1.165) is 36.9 Å². The van der Waals surface area contributed by atoms with Crippen molar-refractivity contribution in [3.05, 3.63) is 22.7 Å². The fourth-order valence-corrected chi connectivity index (χ4v) is 2.55. The lowest BCUT2D eigenvalue weighted by molar-refractivity contribution is -0.116. The van der Waals surface area contributed by atoms with Crippen molar-refractivity contribution in [2.45, 2.75) is 38.5 Å². The monoisotopic (exact) mass is 309 g/mol. The normalized spacial score (nSPS) is 13.0. The van der Waals surface area contributed by atoms with Crippen molar-refractivity contribution in [1.82, 2.24) is 0 Å². The molecule has 1 aromatic carbocycles. The summed E-state index contributed by atoms with van der Waals surface area (Å²) in [7, 11) is 0. The maximum atomic E-state index is 11.9. The molecule has 1 aliphatic rings. The number of rotatable bonds is 7. The first-order valence-electron chi connectivity index (χ1n) is 7.22. The number of anilines is 2. The fraction of sp³-hybridized carbons (Fsp3) is 0.467. The molecule has 0 aromatic heterocycles. The van der Waals surface area contributed by atoms with Gasteiger partial charge >= 0.3 is 0 Å². The van der Waals surface area contributed by atoms with Gasteiger partial charge in [-0.25, -0.2) is 0 Å². The predicted molar refractivity (Wildman–Crippen MR) is 84.6 cm³/mol. The highest BCUT2D eigenvalue weighted by molar-refractivity contribution is 6.34. The van der Waals surface area contributed by atoms with E-state index >= 15 is 0 Å². The lowest BCUT2D eigenvalue weighted by Crippen LogP contribution is -2.11. The van der Waals surface area contributed by atoms with E-state index in [1.165, 1.54) is 0 Å². The Morgan fingerprint density at radius 1 is 1.29 bits per heavy atom. The van der Waals surface area contributed by atoms with Gasteiger partial charge in [-0.3, -0.25) is 9.59 Å². The zero-order chi connectivity index (χ0) is 15.2. The second-order valence-electron chi connectivity index (χ2n) is 5.22. The Hall–Kier alpha value is -1.59. The number of hydrogen-bond acceptors (Lipinski definition) is 3. The van der Waals surface area contributed by atoms with Crippen LogP contribution in [0.2, 0.25) is 5.02 Å². The number of halogens is 1. The molecule has 114 valence electrons. The van der Waals surface area contributed by atoms with E-state index in [1.807, 2.05) is 0 Å². The van der Waals surface area contributed by atoms with E-state index < -0.39 is 0 Å². The van der Waals surface area contributed by atoms with Crippen molar-refractivity contribution in [3.63, 3.8) is 0 Å². The van der Waals surface area contributed by atoms with Gasteiger partial charge in [-0.2, -0.15) is 0 Å². The first kappa shape index (κ1) is 15.8. The number of nitrogens with one attached hydrogen (secondary N) is 2. The third-order valence-electron chi connectivity index (χ3n) is 3.45. The molecule has 1 aliphatic heterocycles. The van der Waals surface area contributed by atoms with Gasteiger partial charge in [-0.15, -0.1) is 0 Å².